The Balaban J connectivity index is 1.90. The summed E-state index contributed by atoms with van der Waals surface area (Å²) in [5.74, 6) is 0.786. The van der Waals surface area contributed by atoms with Crippen molar-refractivity contribution in [2.75, 3.05) is 39.0 Å². The Kier molecular flexibility index (Phi) is 9.24. The van der Waals surface area contributed by atoms with Crippen LogP contribution in [0.15, 0.2) is 52.7 Å². The van der Waals surface area contributed by atoms with Crippen molar-refractivity contribution in [1.82, 2.24) is 5.32 Å². The topological polar surface area (TPSA) is 107 Å². The number of thioether (sulfide) groups is 1. The van der Waals surface area contributed by atoms with E-state index >= 15 is 0 Å². The molecule has 0 saturated heterocycles. The number of hydrogen-bond donors (Lipinski definition) is 2. The third-order valence-electron chi connectivity index (χ3n) is 5.39. The molecule has 0 aliphatic carbocycles. The second kappa shape index (κ2) is 12.3. The van der Waals surface area contributed by atoms with Crippen LogP contribution in [0.5, 0.6) is 17.2 Å². The number of nitrogens with one attached hydrogen (secondary N) is 2. The van der Waals surface area contributed by atoms with Crippen LogP contribution in [0, 0.1) is 6.92 Å². The highest BCUT2D eigenvalue weighted by atomic mass is 32.2. The molecule has 1 heterocycles. The van der Waals surface area contributed by atoms with E-state index in [-0.39, 0.29) is 18.3 Å². The van der Waals surface area contributed by atoms with Crippen LogP contribution in [0.1, 0.15) is 31.0 Å². The summed E-state index contributed by atoms with van der Waals surface area (Å²) in [6.45, 7) is 5.73. The molecule has 0 aromatic heterocycles. The molecule has 2 N–H and O–H groups in total. The molecule has 2 aromatic carbocycles. The average Bonchev–Trinajstić information content (AvgIpc) is 2.87. The van der Waals surface area contributed by atoms with Gasteiger partial charge in [0.2, 0.25) is 11.7 Å². The first kappa shape index (κ1) is 26.9. The molecule has 192 valence electrons. The summed E-state index contributed by atoms with van der Waals surface area (Å²) in [7, 11) is 4.56. The highest BCUT2D eigenvalue weighted by molar-refractivity contribution is 8.14. The largest absolute Gasteiger partial charge is 0.493 e. The Morgan fingerprint density at radius 1 is 1.03 bits per heavy atom. The summed E-state index contributed by atoms with van der Waals surface area (Å²) in [4.78, 5) is 30.2. The van der Waals surface area contributed by atoms with E-state index in [1.54, 1.807) is 26.0 Å². The molecule has 0 bridgehead atoms. The van der Waals surface area contributed by atoms with E-state index in [0.717, 1.165) is 11.3 Å². The third-order valence-corrected chi connectivity index (χ3v) is 6.28. The van der Waals surface area contributed by atoms with E-state index in [0.29, 0.717) is 39.2 Å². The van der Waals surface area contributed by atoms with E-state index in [1.165, 1.54) is 33.1 Å². The summed E-state index contributed by atoms with van der Waals surface area (Å²) in [6, 6.07) is 10.4. The van der Waals surface area contributed by atoms with Gasteiger partial charge in [0.05, 0.1) is 39.3 Å². The first-order valence-corrected chi connectivity index (χ1v) is 12.3. The van der Waals surface area contributed by atoms with Crippen LogP contribution in [0.4, 0.5) is 5.69 Å². The number of aryl methyl sites for hydroxylation is 1. The molecule has 0 spiro atoms. The molecule has 1 atom stereocenters. The number of esters is 1. The zero-order chi connectivity index (χ0) is 26.2. The molecular formula is C26H31N3O6S. The summed E-state index contributed by atoms with van der Waals surface area (Å²) in [5.41, 5.74) is 3.43. The van der Waals surface area contributed by atoms with Crippen molar-refractivity contribution < 1.29 is 28.5 Å². The molecule has 1 aliphatic rings. The lowest BCUT2D eigenvalue weighted by Gasteiger charge is -2.26. The van der Waals surface area contributed by atoms with E-state index < -0.39 is 12.0 Å². The Morgan fingerprint density at radius 3 is 2.22 bits per heavy atom. The standard InChI is InChI=1S/C26H31N3O6S/c1-7-35-25(31)22-16(3)27-26(36-14-21(30)28-18-10-8-15(2)9-11-18)29-23(22)17-12-19(32-4)24(34-6)20(13-17)33-5/h8-13,23H,7,14H2,1-6H3,(H,27,29)(H,28,30)/t23-/m1/s1. The highest BCUT2D eigenvalue weighted by Gasteiger charge is 2.32. The zero-order valence-electron chi connectivity index (χ0n) is 21.3. The van der Waals surface area contributed by atoms with E-state index in [1.807, 2.05) is 31.2 Å². The number of nitrogens with zero attached hydrogens (tertiary/aromatic N) is 1. The zero-order valence-corrected chi connectivity index (χ0v) is 22.1. The molecule has 0 radical (unpaired) electrons. The molecule has 0 unspecified atom stereocenters. The Hall–Kier alpha value is -3.66. The van der Waals surface area contributed by atoms with Crippen LogP contribution in [0.3, 0.4) is 0 Å². The minimum atomic E-state index is -0.707. The predicted octanol–water partition coefficient (Wildman–Crippen LogP) is 4.23. The van der Waals surface area contributed by atoms with Gasteiger partial charge in [-0.3, -0.25) is 4.79 Å². The molecule has 9 nitrogen and oxygen atoms in total. The minimum absolute atomic E-state index is 0.129. The molecule has 0 fully saturated rings. The average molecular weight is 514 g/mol. The van der Waals surface area contributed by atoms with Gasteiger partial charge in [0.15, 0.2) is 16.7 Å². The Bertz CT molecular complexity index is 1150. The van der Waals surface area contributed by atoms with Crippen molar-refractivity contribution in [2.45, 2.75) is 26.8 Å². The van der Waals surface area contributed by atoms with Crippen LogP contribution in [-0.4, -0.2) is 50.7 Å². The van der Waals surface area contributed by atoms with E-state index in [9.17, 15) is 9.59 Å². The fourth-order valence-electron chi connectivity index (χ4n) is 3.66. The van der Waals surface area contributed by atoms with Gasteiger partial charge < -0.3 is 29.6 Å². The number of allylic oxidation sites excluding steroid dienone is 1. The number of carbonyl (C=O) groups excluding carboxylic acids is 2. The molecule has 10 heteroatoms. The predicted molar refractivity (Wildman–Crippen MR) is 141 cm³/mol. The summed E-state index contributed by atoms with van der Waals surface area (Å²) in [6.07, 6.45) is 0. The lowest BCUT2D eigenvalue weighted by atomic mass is 9.96. The number of methoxy groups -OCH3 is 3. The normalized spacial score (nSPS) is 14.9. The van der Waals surface area contributed by atoms with Gasteiger partial charge in [0.1, 0.15) is 6.04 Å². The van der Waals surface area contributed by atoms with Gasteiger partial charge in [-0.1, -0.05) is 29.5 Å². The van der Waals surface area contributed by atoms with E-state index in [2.05, 4.69) is 10.6 Å². The third kappa shape index (κ3) is 6.31. The van der Waals surface area contributed by atoms with Gasteiger partial charge in [-0.25, -0.2) is 9.79 Å². The Labute approximate surface area is 215 Å². The minimum Gasteiger partial charge on any atom is -0.493 e. The van der Waals surface area contributed by atoms with Gasteiger partial charge in [-0.05, 0) is 50.6 Å². The van der Waals surface area contributed by atoms with Crippen LogP contribution in [0.25, 0.3) is 0 Å². The quantitative estimate of drug-likeness (QED) is 0.480. The first-order valence-electron chi connectivity index (χ1n) is 11.3. The number of benzene rings is 2. The number of hydrogen-bond acceptors (Lipinski definition) is 9. The van der Waals surface area contributed by atoms with Crippen LogP contribution < -0.4 is 24.8 Å². The van der Waals surface area contributed by atoms with Crippen molar-refractivity contribution in [3.8, 4) is 17.2 Å². The number of carbonyl (C=O) groups is 2. The second-order valence-electron chi connectivity index (χ2n) is 7.88. The Morgan fingerprint density at radius 2 is 1.67 bits per heavy atom. The maximum Gasteiger partial charge on any atom is 0.338 e. The highest BCUT2D eigenvalue weighted by Crippen LogP contribution is 2.43. The molecule has 1 amide bonds. The second-order valence-corrected chi connectivity index (χ2v) is 8.85. The lowest BCUT2D eigenvalue weighted by Crippen LogP contribution is -2.31. The maximum absolute atomic E-state index is 12.9. The van der Waals surface area contributed by atoms with Crippen molar-refractivity contribution >= 4 is 34.5 Å². The van der Waals surface area contributed by atoms with Gasteiger partial charge >= 0.3 is 5.97 Å². The molecule has 36 heavy (non-hydrogen) atoms. The molecular weight excluding hydrogens is 482 g/mol. The summed E-state index contributed by atoms with van der Waals surface area (Å²) in [5, 5.41) is 6.51. The summed E-state index contributed by atoms with van der Waals surface area (Å²) >= 11 is 1.24. The number of anilines is 1. The van der Waals surface area contributed by atoms with Crippen LogP contribution in [0.2, 0.25) is 0 Å². The number of ether oxygens (including phenoxy) is 4. The first-order chi connectivity index (χ1) is 17.3. The van der Waals surface area contributed by atoms with Crippen molar-refractivity contribution in [2.24, 2.45) is 4.99 Å². The number of amides is 1. The molecule has 0 saturated carbocycles. The monoisotopic (exact) mass is 513 g/mol. The molecule has 3 rings (SSSR count). The van der Waals surface area contributed by atoms with Crippen LogP contribution in [-0.2, 0) is 14.3 Å². The van der Waals surface area contributed by atoms with Crippen molar-refractivity contribution in [3.63, 3.8) is 0 Å². The SMILES string of the molecule is CCOC(=O)C1=C(C)NC(SCC(=O)Nc2ccc(C)cc2)=N[C@@H]1c1cc(OC)c(OC)c(OC)c1. The smallest absolute Gasteiger partial charge is 0.338 e. The van der Waals surface area contributed by atoms with Crippen molar-refractivity contribution in [1.29, 1.82) is 0 Å². The van der Waals surface area contributed by atoms with Gasteiger partial charge in [0, 0.05) is 11.4 Å². The van der Waals surface area contributed by atoms with Gasteiger partial charge in [-0.2, -0.15) is 0 Å². The maximum atomic E-state index is 12.9. The lowest BCUT2D eigenvalue weighted by molar-refractivity contribution is -0.139. The van der Waals surface area contributed by atoms with Gasteiger partial charge in [-0.15, -0.1) is 0 Å². The number of amidine groups is 1. The number of aliphatic imine (C=N–C) groups is 1. The fourth-order valence-corrected chi connectivity index (χ4v) is 4.41. The summed E-state index contributed by atoms with van der Waals surface area (Å²) < 4.78 is 21.7. The molecule has 1 aliphatic heterocycles. The van der Waals surface area contributed by atoms with Crippen molar-refractivity contribution in [3.05, 3.63) is 58.8 Å². The fraction of sp³-hybridized carbons (Fsp3) is 0.346. The van der Waals surface area contributed by atoms with Crippen LogP contribution >= 0.6 is 11.8 Å². The van der Waals surface area contributed by atoms with Gasteiger partial charge in [0.25, 0.3) is 0 Å². The molecule has 2 aromatic rings. The van der Waals surface area contributed by atoms with E-state index in [4.69, 9.17) is 23.9 Å². The number of rotatable bonds is 9.